The van der Waals surface area contributed by atoms with Gasteiger partial charge in [0.25, 0.3) is 0 Å². The number of rotatable bonds is 3. The van der Waals surface area contributed by atoms with Crippen molar-refractivity contribution < 1.29 is 0 Å². The van der Waals surface area contributed by atoms with E-state index in [1.54, 1.807) is 5.01 Å². The van der Waals surface area contributed by atoms with Crippen LogP contribution in [0.5, 0.6) is 0 Å². The van der Waals surface area contributed by atoms with Crippen LogP contribution >= 0.6 is 0 Å². The van der Waals surface area contributed by atoms with Crippen molar-refractivity contribution in [2.75, 3.05) is 14.1 Å². The fourth-order valence-electron chi connectivity index (χ4n) is 1.06. The van der Waals surface area contributed by atoms with E-state index in [1.165, 1.54) is 5.56 Å². The summed E-state index contributed by atoms with van der Waals surface area (Å²) in [7, 11) is 3.82. The lowest BCUT2D eigenvalue weighted by Crippen LogP contribution is -2.01. The van der Waals surface area contributed by atoms with Gasteiger partial charge >= 0.3 is 0 Å². The van der Waals surface area contributed by atoms with Gasteiger partial charge in [0.05, 0.1) is 0 Å². The predicted octanol–water partition coefficient (Wildman–Crippen LogP) is 2.64. The molecule has 0 fully saturated rings. The summed E-state index contributed by atoms with van der Waals surface area (Å²) in [5, 5.41) is 5.94. The monoisotopic (exact) mass is 188 g/mol. The van der Waals surface area contributed by atoms with Gasteiger partial charge in [0.1, 0.15) is 0 Å². The molecule has 1 aromatic rings. The van der Waals surface area contributed by atoms with Crippen LogP contribution in [0.2, 0.25) is 0 Å². The van der Waals surface area contributed by atoms with Gasteiger partial charge < -0.3 is 5.01 Å². The molecule has 1 rings (SSSR count). The molecule has 1 aromatic carbocycles. The van der Waals surface area contributed by atoms with Crippen LogP contribution in [-0.4, -0.2) is 25.3 Å². The van der Waals surface area contributed by atoms with E-state index in [0.29, 0.717) is 0 Å². The zero-order valence-corrected chi connectivity index (χ0v) is 8.94. The number of hydrazone groups is 1. The number of hydrogen-bond acceptors (Lipinski definition) is 2. The van der Waals surface area contributed by atoms with Crippen molar-refractivity contribution in [2.24, 2.45) is 5.10 Å². The molecule has 0 unspecified atom stereocenters. The summed E-state index contributed by atoms with van der Waals surface area (Å²) >= 11 is 0. The maximum atomic E-state index is 4.16. The SMILES string of the molecule is C/C(C=NN(C)C)=C\c1ccccc1. The Morgan fingerprint density at radius 3 is 2.43 bits per heavy atom. The Morgan fingerprint density at radius 2 is 1.86 bits per heavy atom. The summed E-state index contributed by atoms with van der Waals surface area (Å²) in [4.78, 5) is 0. The molecule has 0 N–H and O–H groups in total. The van der Waals surface area contributed by atoms with Gasteiger partial charge in [-0.25, -0.2) is 0 Å². The first-order chi connectivity index (χ1) is 6.68. The van der Waals surface area contributed by atoms with Gasteiger partial charge in [-0.05, 0) is 18.1 Å². The molecule has 0 saturated heterocycles. The first-order valence-corrected chi connectivity index (χ1v) is 4.63. The number of hydrogen-bond donors (Lipinski definition) is 0. The molecule has 0 radical (unpaired) electrons. The maximum Gasteiger partial charge on any atom is 0.0499 e. The van der Waals surface area contributed by atoms with Crippen LogP contribution in [0.1, 0.15) is 12.5 Å². The summed E-state index contributed by atoms with van der Waals surface area (Å²) < 4.78 is 0. The Labute approximate surface area is 85.6 Å². The largest absolute Gasteiger partial charge is 0.303 e. The molecule has 0 aliphatic carbocycles. The van der Waals surface area contributed by atoms with Gasteiger partial charge in [0.2, 0.25) is 0 Å². The van der Waals surface area contributed by atoms with E-state index in [4.69, 9.17) is 0 Å². The minimum absolute atomic E-state index is 1.14. The lowest BCUT2D eigenvalue weighted by molar-refractivity contribution is 0.440. The zero-order valence-electron chi connectivity index (χ0n) is 8.94. The minimum atomic E-state index is 1.14. The van der Waals surface area contributed by atoms with E-state index in [9.17, 15) is 0 Å². The van der Waals surface area contributed by atoms with Crippen LogP contribution in [0, 0.1) is 0 Å². The molecule has 0 aromatic heterocycles. The van der Waals surface area contributed by atoms with Crippen LogP contribution in [0.4, 0.5) is 0 Å². The van der Waals surface area contributed by atoms with Crippen molar-refractivity contribution in [2.45, 2.75) is 6.92 Å². The summed E-state index contributed by atoms with van der Waals surface area (Å²) in [6.45, 7) is 2.04. The van der Waals surface area contributed by atoms with E-state index in [0.717, 1.165) is 5.57 Å². The number of allylic oxidation sites excluding steroid dienone is 1. The van der Waals surface area contributed by atoms with Crippen LogP contribution in [-0.2, 0) is 0 Å². The molecule has 0 aliphatic rings. The smallest absolute Gasteiger partial charge is 0.0499 e. The summed E-state index contributed by atoms with van der Waals surface area (Å²) in [6, 6.07) is 10.2. The fourth-order valence-corrected chi connectivity index (χ4v) is 1.06. The number of nitrogens with zero attached hydrogens (tertiary/aromatic N) is 2. The van der Waals surface area contributed by atoms with Crippen LogP contribution < -0.4 is 0 Å². The third-order valence-electron chi connectivity index (χ3n) is 1.69. The summed E-state index contributed by atoms with van der Waals surface area (Å²) in [5.74, 6) is 0. The molecule has 74 valence electrons. The second kappa shape index (κ2) is 5.22. The molecule has 0 atom stereocenters. The van der Waals surface area contributed by atoms with E-state index in [-0.39, 0.29) is 0 Å². The molecule has 0 saturated carbocycles. The Bertz CT molecular complexity index is 323. The second-order valence-corrected chi connectivity index (χ2v) is 3.39. The van der Waals surface area contributed by atoms with Crippen molar-refractivity contribution in [3.8, 4) is 0 Å². The van der Waals surface area contributed by atoms with E-state index in [1.807, 2.05) is 45.4 Å². The van der Waals surface area contributed by atoms with Gasteiger partial charge in [-0.3, -0.25) is 0 Å². The molecule has 0 bridgehead atoms. The molecule has 0 aliphatic heterocycles. The fraction of sp³-hybridized carbons (Fsp3) is 0.250. The maximum absolute atomic E-state index is 4.16. The Kier molecular flexibility index (Phi) is 3.92. The van der Waals surface area contributed by atoms with Gasteiger partial charge in [0.15, 0.2) is 0 Å². The third-order valence-corrected chi connectivity index (χ3v) is 1.69. The standard InChI is InChI=1S/C12H16N2/c1-11(10-13-14(2)3)9-12-7-5-4-6-8-12/h4-10H,1-3H3/b11-9+,13-10?. The van der Waals surface area contributed by atoms with E-state index in [2.05, 4.69) is 23.3 Å². The van der Waals surface area contributed by atoms with Crippen LogP contribution in [0.3, 0.4) is 0 Å². The molecule has 0 spiro atoms. The lowest BCUT2D eigenvalue weighted by Gasteiger charge is -2.02. The quantitative estimate of drug-likeness (QED) is 0.526. The van der Waals surface area contributed by atoms with Gasteiger partial charge in [-0.1, -0.05) is 36.4 Å². The first-order valence-electron chi connectivity index (χ1n) is 4.63. The van der Waals surface area contributed by atoms with Crippen molar-refractivity contribution in [3.05, 3.63) is 41.5 Å². The van der Waals surface area contributed by atoms with Gasteiger partial charge in [-0.2, -0.15) is 5.10 Å². The highest BCUT2D eigenvalue weighted by Crippen LogP contribution is 2.04. The Hall–Kier alpha value is -1.57. The average Bonchev–Trinajstić information content (AvgIpc) is 2.16. The average molecular weight is 188 g/mol. The molecule has 2 heteroatoms. The second-order valence-electron chi connectivity index (χ2n) is 3.39. The highest BCUT2D eigenvalue weighted by molar-refractivity contribution is 5.84. The molecule has 14 heavy (non-hydrogen) atoms. The third kappa shape index (κ3) is 3.90. The molecular formula is C12H16N2. The summed E-state index contributed by atoms with van der Waals surface area (Å²) in [6.07, 6.45) is 3.96. The van der Waals surface area contributed by atoms with Crippen molar-refractivity contribution in [1.82, 2.24) is 5.01 Å². The molecular weight excluding hydrogens is 172 g/mol. The van der Waals surface area contributed by atoms with Gasteiger partial charge in [0, 0.05) is 20.3 Å². The Balaban J connectivity index is 2.70. The highest BCUT2D eigenvalue weighted by Gasteiger charge is 1.87. The van der Waals surface area contributed by atoms with Crippen LogP contribution in [0.25, 0.3) is 6.08 Å². The highest BCUT2D eigenvalue weighted by atomic mass is 15.4. The molecule has 0 amide bonds. The lowest BCUT2D eigenvalue weighted by atomic mass is 10.1. The van der Waals surface area contributed by atoms with Crippen LogP contribution in [0.15, 0.2) is 41.0 Å². The summed E-state index contributed by atoms with van der Waals surface area (Å²) in [5.41, 5.74) is 2.35. The van der Waals surface area contributed by atoms with Gasteiger partial charge in [-0.15, -0.1) is 0 Å². The topological polar surface area (TPSA) is 15.6 Å². The number of benzene rings is 1. The van der Waals surface area contributed by atoms with E-state index >= 15 is 0 Å². The van der Waals surface area contributed by atoms with Crippen molar-refractivity contribution in [1.29, 1.82) is 0 Å². The predicted molar refractivity (Wildman–Crippen MR) is 62.3 cm³/mol. The Morgan fingerprint density at radius 1 is 1.21 bits per heavy atom. The van der Waals surface area contributed by atoms with E-state index < -0.39 is 0 Å². The first kappa shape index (κ1) is 10.5. The zero-order chi connectivity index (χ0) is 10.4. The normalized spacial score (nSPS) is 12.1. The van der Waals surface area contributed by atoms with Crippen molar-refractivity contribution >= 4 is 12.3 Å². The molecule has 2 nitrogen and oxygen atoms in total. The molecule has 0 heterocycles. The van der Waals surface area contributed by atoms with Crippen molar-refractivity contribution in [3.63, 3.8) is 0 Å². The minimum Gasteiger partial charge on any atom is -0.303 e.